The molecule has 0 atom stereocenters. The summed E-state index contributed by atoms with van der Waals surface area (Å²) in [6.07, 6.45) is 7.32. The van der Waals surface area contributed by atoms with Crippen molar-refractivity contribution in [3.8, 4) is 0 Å². The minimum absolute atomic E-state index is 1.05. The third-order valence-electron chi connectivity index (χ3n) is 1.41. The molecule has 1 rings (SSSR count). The average molecular weight is 135 g/mol. The predicted octanol–water partition coefficient (Wildman–Crippen LogP) is 2.00. The predicted molar refractivity (Wildman–Crippen MR) is 44.7 cm³/mol. The summed E-state index contributed by atoms with van der Waals surface area (Å²) < 4.78 is 0. The Labute approximate surface area is 62.1 Å². The van der Waals surface area contributed by atoms with E-state index in [0.717, 1.165) is 18.5 Å². The minimum atomic E-state index is 1.05. The fourth-order valence-corrected chi connectivity index (χ4v) is 0.986. The van der Waals surface area contributed by atoms with Gasteiger partial charge in [-0.05, 0) is 31.2 Å². The maximum atomic E-state index is 3.82. The molecule has 1 aliphatic rings. The summed E-state index contributed by atoms with van der Waals surface area (Å²) in [5, 5.41) is 3.14. The second-order valence-corrected chi connectivity index (χ2v) is 2.60. The first-order valence-electron chi connectivity index (χ1n) is 3.55. The van der Waals surface area contributed by atoms with E-state index in [2.05, 4.69) is 24.0 Å². The molecule has 0 amide bonds. The van der Waals surface area contributed by atoms with Crippen molar-refractivity contribution in [2.75, 3.05) is 6.54 Å². The molecule has 0 radical (unpaired) electrons. The van der Waals surface area contributed by atoms with Gasteiger partial charge in [-0.15, -0.1) is 0 Å². The average Bonchev–Trinajstić information content (AvgIpc) is 1.88. The van der Waals surface area contributed by atoms with Gasteiger partial charge in [-0.1, -0.05) is 18.2 Å². The maximum absolute atomic E-state index is 3.82. The van der Waals surface area contributed by atoms with Gasteiger partial charge in [-0.3, -0.25) is 0 Å². The summed E-state index contributed by atoms with van der Waals surface area (Å²) in [7, 11) is 0. The molecule has 54 valence electrons. The topological polar surface area (TPSA) is 12.0 Å². The van der Waals surface area contributed by atoms with Crippen LogP contribution in [-0.4, -0.2) is 6.54 Å². The van der Waals surface area contributed by atoms with Gasteiger partial charge in [0.15, 0.2) is 0 Å². The number of nitrogens with one attached hydrogen (secondary N) is 1. The van der Waals surface area contributed by atoms with Crippen LogP contribution in [0.5, 0.6) is 0 Å². The molecule has 0 spiro atoms. The van der Waals surface area contributed by atoms with E-state index in [1.54, 1.807) is 0 Å². The zero-order chi connectivity index (χ0) is 7.40. The Morgan fingerprint density at radius 3 is 3.10 bits per heavy atom. The van der Waals surface area contributed by atoms with E-state index in [0.29, 0.717) is 0 Å². The van der Waals surface area contributed by atoms with Crippen molar-refractivity contribution in [3.05, 3.63) is 36.1 Å². The standard InChI is InChI=1S/C9H13N/c1-8(2)7-9-3-5-10-6-4-9/h3,5,7,10H,1,4,6H2,2H3/b9-7-. The molecule has 0 aromatic rings. The lowest BCUT2D eigenvalue weighted by Gasteiger charge is -2.08. The van der Waals surface area contributed by atoms with Crippen molar-refractivity contribution in [2.45, 2.75) is 13.3 Å². The van der Waals surface area contributed by atoms with Crippen molar-refractivity contribution in [2.24, 2.45) is 0 Å². The van der Waals surface area contributed by atoms with Gasteiger partial charge in [0.2, 0.25) is 0 Å². The molecular weight excluding hydrogens is 122 g/mol. The van der Waals surface area contributed by atoms with Gasteiger partial charge in [0.05, 0.1) is 0 Å². The summed E-state index contributed by atoms with van der Waals surface area (Å²) in [4.78, 5) is 0. The highest BCUT2D eigenvalue weighted by Crippen LogP contribution is 2.08. The smallest absolute Gasteiger partial charge is 0.0181 e. The Morgan fingerprint density at radius 2 is 2.60 bits per heavy atom. The van der Waals surface area contributed by atoms with E-state index >= 15 is 0 Å². The third kappa shape index (κ3) is 2.09. The van der Waals surface area contributed by atoms with Gasteiger partial charge >= 0.3 is 0 Å². The fraction of sp³-hybridized carbons (Fsp3) is 0.333. The van der Waals surface area contributed by atoms with Crippen molar-refractivity contribution in [1.29, 1.82) is 0 Å². The van der Waals surface area contributed by atoms with E-state index in [-0.39, 0.29) is 0 Å². The minimum Gasteiger partial charge on any atom is -0.391 e. The van der Waals surface area contributed by atoms with Gasteiger partial charge in [-0.25, -0.2) is 0 Å². The molecule has 1 nitrogen and oxygen atoms in total. The Hall–Kier alpha value is -0.980. The molecule has 0 aliphatic carbocycles. The summed E-state index contributed by atoms with van der Waals surface area (Å²) in [5.41, 5.74) is 2.49. The summed E-state index contributed by atoms with van der Waals surface area (Å²) in [6.45, 7) is 6.89. The monoisotopic (exact) mass is 135 g/mol. The van der Waals surface area contributed by atoms with Crippen LogP contribution in [0.1, 0.15) is 13.3 Å². The number of allylic oxidation sites excluding steroid dienone is 3. The van der Waals surface area contributed by atoms with Crippen LogP contribution >= 0.6 is 0 Å². The van der Waals surface area contributed by atoms with E-state index < -0.39 is 0 Å². The van der Waals surface area contributed by atoms with Gasteiger partial charge < -0.3 is 5.32 Å². The van der Waals surface area contributed by atoms with Crippen LogP contribution < -0.4 is 5.32 Å². The van der Waals surface area contributed by atoms with Gasteiger partial charge in [0.25, 0.3) is 0 Å². The van der Waals surface area contributed by atoms with Gasteiger partial charge in [0.1, 0.15) is 0 Å². The second kappa shape index (κ2) is 3.25. The van der Waals surface area contributed by atoms with Gasteiger partial charge in [-0.2, -0.15) is 0 Å². The first-order valence-corrected chi connectivity index (χ1v) is 3.55. The number of rotatable bonds is 1. The summed E-state index contributed by atoms with van der Waals surface area (Å²) >= 11 is 0. The molecule has 1 heterocycles. The number of hydrogen-bond donors (Lipinski definition) is 1. The molecule has 1 N–H and O–H groups in total. The van der Waals surface area contributed by atoms with Crippen LogP contribution in [0, 0.1) is 0 Å². The molecule has 1 aliphatic heterocycles. The van der Waals surface area contributed by atoms with Crippen LogP contribution in [0.2, 0.25) is 0 Å². The Bertz CT molecular complexity index is 187. The number of hydrogen-bond acceptors (Lipinski definition) is 1. The molecule has 0 bridgehead atoms. The quantitative estimate of drug-likeness (QED) is 0.580. The second-order valence-electron chi connectivity index (χ2n) is 2.60. The molecular formula is C9H13N. The molecule has 0 aromatic carbocycles. The molecule has 0 aromatic heterocycles. The lowest BCUT2D eigenvalue weighted by molar-refractivity contribution is 0.807. The van der Waals surface area contributed by atoms with Crippen LogP contribution in [0.4, 0.5) is 0 Å². The molecule has 0 saturated heterocycles. The lowest BCUT2D eigenvalue weighted by atomic mass is 10.1. The zero-order valence-electron chi connectivity index (χ0n) is 6.35. The highest BCUT2D eigenvalue weighted by Gasteiger charge is 1.95. The first kappa shape index (κ1) is 7.13. The normalized spacial score (nSPS) is 20.7. The van der Waals surface area contributed by atoms with Crippen molar-refractivity contribution >= 4 is 0 Å². The Kier molecular flexibility index (Phi) is 2.32. The highest BCUT2D eigenvalue weighted by molar-refractivity contribution is 5.28. The van der Waals surface area contributed by atoms with Crippen molar-refractivity contribution in [3.63, 3.8) is 0 Å². The summed E-state index contributed by atoms with van der Waals surface area (Å²) in [6, 6.07) is 0. The van der Waals surface area contributed by atoms with E-state index in [1.165, 1.54) is 5.57 Å². The van der Waals surface area contributed by atoms with Crippen LogP contribution in [0.3, 0.4) is 0 Å². The Morgan fingerprint density at radius 1 is 1.80 bits per heavy atom. The fourth-order valence-electron chi connectivity index (χ4n) is 0.986. The van der Waals surface area contributed by atoms with Crippen LogP contribution in [0.15, 0.2) is 36.1 Å². The molecule has 0 saturated carbocycles. The first-order chi connectivity index (χ1) is 4.79. The van der Waals surface area contributed by atoms with Crippen LogP contribution in [-0.2, 0) is 0 Å². The van der Waals surface area contributed by atoms with Gasteiger partial charge in [0, 0.05) is 6.54 Å². The Balaban J connectivity index is 2.62. The SMILES string of the molecule is C=C(C)/C=C1/C=CNCC1. The summed E-state index contributed by atoms with van der Waals surface area (Å²) in [5.74, 6) is 0. The molecule has 1 heteroatoms. The molecule has 0 fully saturated rings. The zero-order valence-corrected chi connectivity index (χ0v) is 6.35. The maximum Gasteiger partial charge on any atom is 0.0181 e. The van der Waals surface area contributed by atoms with Crippen molar-refractivity contribution in [1.82, 2.24) is 5.32 Å². The van der Waals surface area contributed by atoms with E-state index in [4.69, 9.17) is 0 Å². The van der Waals surface area contributed by atoms with E-state index in [1.807, 2.05) is 13.1 Å². The van der Waals surface area contributed by atoms with Crippen molar-refractivity contribution < 1.29 is 0 Å². The molecule has 10 heavy (non-hydrogen) atoms. The van der Waals surface area contributed by atoms with E-state index in [9.17, 15) is 0 Å². The van der Waals surface area contributed by atoms with Crippen LogP contribution in [0.25, 0.3) is 0 Å². The molecule has 0 unspecified atom stereocenters. The lowest BCUT2D eigenvalue weighted by Crippen LogP contribution is -2.11. The highest BCUT2D eigenvalue weighted by atomic mass is 14.8. The largest absolute Gasteiger partial charge is 0.391 e. The third-order valence-corrected chi connectivity index (χ3v) is 1.41.